The number of nitrogens with one attached hydrogen (secondary N) is 1. The van der Waals surface area contributed by atoms with E-state index in [1.54, 1.807) is 23.6 Å². The third-order valence-electron chi connectivity index (χ3n) is 4.03. The lowest BCUT2D eigenvalue weighted by molar-refractivity contribution is 0.167. The zero-order chi connectivity index (χ0) is 15.4. The van der Waals surface area contributed by atoms with Gasteiger partial charge in [0.25, 0.3) is 0 Å². The maximum absolute atomic E-state index is 13.3. The molecule has 3 rings (SSSR count). The van der Waals surface area contributed by atoms with Crippen molar-refractivity contribution in [3.8, 4) is 0 Å². The molecule has 1 aliphatic rings. The summed E-state index contributed by atoms with van der Waals surface area (Å²) in [6, 6.07) is 2.96. The largest absolute Gasteiger partial charge is 0.365 e. The van der Waals surface area contributed by atoms with Gasteiger partial charge >= 0.3 is 0 Å². The highest BCUT2D eigenvalue weighted by atomic mass is 32.1. The second-order valence-electron chi connectivity index (χ2n) is 5.79. The minimum Gasteiger partial charge on any atom is -0.365 e. The number of piperidine rings is 1. The normalized spacial score (nSPS) is 19.3. The lowest BCUT2D eigenvalue weighted by Crippen LogP contribution is -2.35. The van der Waals surface area contributed by atoms with Gasteiger partial charge in [0.15, 0.2) is 5.13 Å². The number of hydrogen-bond acceptors (Lipinski definition) is 5. The summed E-state index contributed by atoms with van der Waals surface area (Å²) >= 11 is 1.71. The first-order chi connectivity index (χ1) is 10.7. The molecule has 2 aromatic rings. The van der Waals surface area contributed by atoms with E-state index in [2.05, 4.69) is 20.2 Å². The Bertz CT molecular complexity index is 616. The van der Waals surface area contributed by atoms with Crippen LogP contribution in [0.2, 0.25) is 0 Å². The summed E-state index contributed by atoms with van der Waals surface area (Å²) in [5.41, 5.74) is 0.863. The SMILES string of the molecule is CNc1ncc(CN2CCCC(Cc3cc(F)ccn3)C2)s1. The quantitative estimate of drug-likeness (QED) is 0.919. The van der Waals surface area contributed by atoms with Crippen LogP contribution in [0.3, 0.4) is 0 Å². The van der Waals surface area contributed by atoms with E-state index in [9.17, 15) is 4.39 Å². The van der Waals surface area contributed by atoms with Crippen LogP contribution < -0.4 is 5.32 Å². The van der Waals surface area contributed by atoms with Gasteiger partial charge in [0.2, 0.25) is 0 Å². The molecule has 1 saturated heterocycles. The molecule has 1 N–H and O–H groups in total. The average molecular weight is 320 g/mol. The molecule has 0 amide bonds. The van der Waals surface area contributed by atoms with E-state index in [0.717, 1.165) is 36.9 Å². The number of nitrogens with zero attached hydrogens (tertiary/aromatic N) is 3. The van der Waals surface area contributed by atoms with E-state index in [1.807, 2.05) is 13.2 Å². The van der Waals surface area contributed by atoms with Crippen molar-refractivity contribution in [2.75, 3.05) is 25.5 Å². The van der Waals surface area contributed by atoms with Crippen LogP contribution in [-0.2, 0) is 13.0 Å². The molecule has 3 heterocycles. The van der Waals surface area contributed by atoms with E-state index < -0.39 is 0 Å². The van der Waals surface area contributed by atoms with Crippen molar-refractivity contribution in [1.29, 1.82) is 0 Å². The van der Waals surface area contributed by atoms with Gasteiger partial charge in [-0.05, 0) is 43.9 Å². The third kappa shape index (κ3) is 4.01. The highest BCUT2D eigenvalue weighted by Gasteiger charge is 2.21. The van der Waals surface area contributed by atoms with E-state index in [4.69, 9.17) is 0 Å². The summed E-state index contributed by atoms with van der Waals surface area (Å²) in [6.07, 6.45) is 6.76. The molecule has 4 nitrogen and oxygen atoms in total. The molecule has 22 heavy (non-hydrogen) atoms. The monoisotopic (exact) mass is 320 g/mol. The number of pyridine rings is 1. The minimum absolute atomic E-state index is 0.193. The minimum atomic E-state index is -0.193. The van der Waals surface area contributed by atoms with Crippen molar-refractivity contribution in [2.24, 2.45) is 5.92 Å². The molecule has 0 radical (unpaired) electrons. The van der Waals surface area contributed by atoms with Gasteiger partial charge in [0.05, 0.1) is 0 Å². The number of rotatable bonds is 5. The fourth-order valence-electron chi connectivity index (χ4n) is 3.03. The number of anilines is 1. The fourth-order valence-corrected chi connectivity index (χ4v) is 3.84. The Morgan fingerprint density at radius 1 is 1.45 bits per heavy atom. The molecule has 1 unspecified atom stereocenters. The summed E-state index contributed by atoms with van der Waals surface area (Å²) < 4.78 is 13.3. The van der Waals surface area contributed by atoms with Crippen molar-refractivity contribution in [2.45, 2.75) is 25.8 Å². The Labute approximate surface area is 134 Å². The van der Waals surface area contributed by atoms with Crippen LogP contribution in [0, 0.1) is 11.7 Å². The van der Waals surface area contributed by atoms with Gasteiger partial charge < -0.3 is 5.32 Å². The summed E-state index contributed by atoms with van der Waals surface area (Å²) in [5.74, 6) is 0.363. The fraction of sp³-hybridized carbons (Fsp3) is 0.500. The lowest BCUT2D eigenvalue weighted by Gasteiger charge is -2.32. The Morgan fingerprint density at radius 3 is 3.14 bits per heavy atom. The van der Waals surface area contributed by atoms with Crippen LogP contribution >= 0.6 is 11.3 Å². The number of likely N-dealkylation sites (tertiary alicyclic amines) is 1. The molecule has 0 saturated carbocycles. The Hall–Kier alpha value is -1.53. The molecule has 0 aliphatic carbocycles. The van der Waals surface area contributed by atoms with Crippen LogP contribution in [-0.4, -0.2) is 35.0 Å². The Kier molecular flexibility index (Phi) is 5.00. The van der Waals surface area contributed by atoms with Gasteiger partial charge in [-0.25, -0.2) is 9.37 Å². The van der Waals surface area contributed by atoms with Crippen molar-refractivity contribution in [3.05, 3.63) is 40.9 Å². The smallest absolute Gasteiger partial charge is 0.182 e. The second kappa shape index (κ2) is 7.15. The molecule has 1 aliphatic heterocycles. The molecule has 1 fully saturated rings. The van der Waals surface area contributed by atoms with Crippen molar-refractivity contribution in [3.63, 3.8) is 0 Å². The van der Waals surface area contributed by atoms with Gasteiger partial charge in [0.1, 0.15) is 5.82 Å². The Balaban J connectivity index is 1.57. The van der Waals surface area contributed by atoms with Gasteiger partial charge in [-0.15, -0.1) is 11.3 Å². The van der Waals surface area contributed by atoms with Gasteiger partial charge in [-0.1, -0.05) is 0 Å². The molecule has 0 bridgehead atoms. The molecule has 1 atom stereocenters. The summed E-state index contributed by atoms with van der Waals surface area (Å²) in [6.45, 7) is 3.12. The average Bonchev–Trinajstić information content (AvgIpc) is 2.95. The predicted molar refractivity (Wildman–Crippen MR) is 87.6 cm³/mol. The highest BCUT2D eigenvalue weighted by Crippen LogP contribution is 2.24. The van der Waals surface area contributed by atoms with Crippen molar-refractivity contribution >= 4 is 16.5 Å². The molecular weight excluding hydrogens is 299 g/mol. The van der Waals surface area contributed by atoms with E-state index in [-0.39, 0.29) is 5.82 Å². The van der Waals surface area contributed by atoms with Crippen LogP contribution in [0.4, 0.5) is 9.52 Å². The van der Waals surface area contributed by atoms with Crippen molar-refractivity contribution < 1.29 is 4.39 Å². The van der Waals surface area contributed by atoms with Crippen LogP contribution in [0.5, 0.6) is 0 Å². The molecule has 0 spiro atoms. The van der Waals surface area contributed by atoms with Gasteiger partial charge in [-0.2, -0.15) is 0 Å². The number of halogens is 1. The lowest BCUT2D eigenvalue weighted by atomic mass is 9.93. The Morgan fingerprint density at radius 2 is 2.36 bits per heavy atom. The second-order valence-corrected chi connectivity index (χ2v) is 6.91. The zero-order valence-corrected chi connectivity index (χ0v) is 13.6. The number of aromatic nitrogens is 2. The van der Waals surface area contributed by atoms with Crippen LogP contribution in [0.25, 0.3) is 0 Å². The van der Waals surface area contributed by atoms with Crippen LogP contribution in [0.1, 0.15) is 23.4 Å². The molecule has 0 aromatic carbocycles. The highest BCUT2D eigenvalue weighted by molar-refractivity contribution is 7.15. The molecule has 2 aromatic heterocycles. The van der Waals surface area contributed by atoms with Gasteiger partial charge in [0, 0.05) is 43.1 Å². The van der Waals surface area contributed by atoms with E-state index in [1.165, 1.54) is 23.8 Å². The first kappa shape index (κ1) is 15.4. The first-order valence-electron chi connectivity index (χ1n) is 7.68. The molecule has 118 valence electrons. The summed E-state index contributed by atoms with van der Waals surface area (Å²) in [7, 11) is 1.89. The number of hydrogen-bond donors (Lipinski definition) is 1. The maximum Gasteiger partial charge on any atom is 0.182 e. The molecular formula is C16H21FN4S. The standard InChI is InChI=1S/C16H21FN4S/c1-18-16-20-9-15(22-16)11-21-6-2-3-12(10-21)7-14-8-13(17)4-5-19-14/h4-5,8-9,12H,2-3,6-7,10-11H2,1H3,(H,18,20). The first-order valence-corrected chi connectivity index (χ1v) is 8.50. The van der Waals surface area contributed by atoms with Gasteiger partial charge in [-0.3, -0.25) is 9.88 Å². The summed E-state index contributed by atoms with van der Waals surface area (Å²) in [4.78, 5) is 12.4. The molecule has 6 heteroatoms. The number of thiazole rings is 1. The maximum atomic E-state index is 13.3. The summed E-state index contributed by atoms with van der Waals surface area (Å²) in [5, 5.41) is 4.04. The zero-order valence-electron chi connectivity index (χ0n) is 12.8. The topological polar surface area (TPSA) is 41.1 Å². The van der Waals surface area contributed by atoms with E-state index in [0.29, 0.717) is 5.92 Å². The van der Waals surface area contributed by atoms with E-state index >= 15 is 0 Å². The third-order valence-corrected chi connectivity index (χ3v) is 5.03. The van der Waals surface area contributed by atoms with Crippen LogP contribution in [0.15, 0.2) is 24.5 Å². The predicted octanol–water partition coefficient (Wildman–Crippen LogP) is 3.17. The van der Waals surface area contributed by atoms with Crippen molar-refractivity contribution in [1.82, 2.24) is 14.9 Å².